The third kappa shape index (κ3) is 3.31. The SMILES string of the molecule is CN(C)CC(C#N)C(O)c1ccccc1Br. The molecule has 0 amide bonds. The fraction of sp³-hybridized carbons (Fsp3) is 0.417. The first-order valence-corrected chi connectivity index (χ1v) is 5.82. The molecular weight excluding hydrogens is 268 g/mol. The summed E-state index contributed by atoms with van der Waals surface area (Å²) in [5.41, 5.74) is 0.760. The maximum absolute atomic E-state index is 10.1. The van der Waals surface area contributed by atoms with Gasteiger partial charge in [-0.2, -0.15) is 5.26 Å². The van der Waals surface area contributed by atoms with E-state index in [1.165, 1.54) is 0 Å². The van der Waals surface area contributed by atoms with Crippen LogP contribution in [0.4, 0.5) is 0 Å². The van der Waals surface area contributed by atoms with E-state index in [1.54, 1.807) is 0 Å². The van der Waals surface area contributed by atoms with E-state index in [9.17, 15) is 5.11 Å². The van der Waals surface area contributed by atoms with Crippen molar-refractivity contribution in [3.63, 3.8) is 0 Å². The van der Waals surface area contributed by atoms with E-state index in [0.717, 1.165) is 10.0 Å². The third-order valence-corrected chi connectivity index (χ3v) is 3.05. The first-order valence-electron chi connectivity index (χ1n) is 5.03. The lowest BCUT2D eigenvalue weighted by molar-refractivity contribution is 0.117. The largest absolute Gasteiger partial charge is 0.387 e. The molecular formula is C12H15BrN2O. The molecule has 1 aromatic carbocycles. The standard InChI is InChI=1S/C12H15BrN2O/c1-15(2)8-9(7-14)12(16)10-5-3-4-6-11(10)13/h3-6,9,12,16H,8H2,1-2H3. The molecule has 2 atom stereocenters. The molecule has 1 aromatic rings. The lowest BCUT2D eigenvalue weighted by Gasteiger charge is -2.21. The highest BCUT2D eigenvalue weighted by Gasteiger charge is 2.22. The Morgan fingerprint density at radius 3 is 2.56 bits per heavy atom. The van der Waals surface area contributed by atoms with Gasteiger partial charge in [0.15, 0.2) is 0 Å². The predicted molar refractivity (Wildman–Crippen MR) is 66.8 cm³/mol. The number of rotatable bonds is 4. The lowest BCUT2D eigenvalue weighted by Crippen LogP contribution is -2.25. The molecule has 4 heteroatoms. The Morgan fingerprint density at radius 2 is 2.06 bits per heavy atom. The zero-order chi connectivity index (χ0) is 12.1. The topological polar surface area (TPSA) is 47.3 Å². The summed E-state index contributed by atoms with van der Waals surface area (Å²) in [7, 11) is 3.77. The lowest BCUT2D eigenvalue weighted by atomic mass is 9.96. The Labute approximate surface area is 104 Å². The van der Waals surface area contributed by atoms with Crippen molar-refractivity contribution in [1.29, 1.82) is 5.26 Å². The van der Waals surface area contributed by atoms with Gasteiger partial charge in [-0.25, -0.2) is 0 Å². The summed E-state index contributed by atoms with van der Waals surface area (Å²) in [5, 5.41) is 19.2. The van der Waals surface area contributed by atoms with Gasteiger partial charge in [0.25, 0.3) is 0 Å². The maximum Gasteiger partial charge on any atom is 0.0971 e. The summed E-state index contributed by atoms with van der Waals surface area (Å²) in [5.74, 6) is -0.423. The number of benzene rings is 1. The number of nitriles is 1. The molecule has 0 fully saturated rings. The second-order valence-electron chi connectivity index (χ2n) is 3.96. The van der Waals surface area contributed by atoms with Crippen molar-refractivity contribution in [2.75, 3.05) is 20.6 Å². The van der Waals surface area contributed by atoms with Crippen LogP contribution in [0.15, 0.2) is 28.7 Å². The van der Waals surface area contributed by atoms with E-state index in [1.807, 2.05) is 43.3 Å². The minimum atomic E-state index is -0.761. The van der Waals surface area contributed by atoms with E-state index in [2.05, 4.69) is 22.0 Å². The summed E-state index contributed by atoms with van der Waals surface area (Å²) >= 11 is 3.38. The fourth-order valence-electron chi connectivity index (χ4n) is 1.54. The predicted octanol–water partition coefficient (Wildman–Crippen LogP) is 2.18. The van der Waals surface area contributed by atoms with Gasteiger partial charge in [0.2, 0.25) is 0 Å². The van der Waals surface area contributed by atoms with Crippen LogP contribution in [-0.4, -0.2) is 30.6 Å². The molecule has 0 aromatic heterocycles. The quantitative estimate of drug-likeness (QED) is 0.921. The third-order valence-electron chi connectivity index (χ3n) is 2.33. The summed E-state index contributed by atoms with van der Waals surface area (Å²) < 4.78 is 0.835. The first kappa shape index (κ1) is 13.2. The van der Waals surface area contributed by atoms with Gasteiger partial charge in [-0.15, -0.1) is 0 Å². The van der Waals surface area contributed by atoms with Crippen LogP contribution in [0.5, 0.6) is 0 Å². The Bertz CT molecular complexity index is 387. The highest BCUT2D eigenvalue weighted by Crippen LogP contribution is 2.28. The van der Waals surface area contributed by atoms with Crippen LogP contribution in [0.1, 0.15) is 11.7 Å². The Balaban J connectivity index is 2.88. The van der Waals surface area contributed by atoms with E-state index in [0.29, 0.717) is 6.54 Å². The molecule has 0 aliphatic heterocycles. The molecule has 86 valence electrons. The van der Waals surface area contributed by atoms with Crippen molar-refractivity contribution in [2.45, 2.75) is 6.10 Å². The number of hydrogen-bond donors (Lipinski definition) is 1. The molecule has 0 aliphatic carbocycles. The van der Waals surface area contributed by atoms with Crippen molar-refractivity contribution >= 4 is 15.9 Å². The van der Waals surface area contributed by atoms with Crippen molar-refractivity contribution in [3.05, 3.63) is 34.3 Å². The second-order valence-corrected chi connectivity index (χ2v) is 4.82. The summed E-state index contributed by atoms with van der Waals surface area (Å²) in [6.45, 7) is 0.541. The van der Waals surface area contributed by atoms with Crippen LogP contribution in [0.25, 0.3) is 0 Å². The fourth-order valence-corrected chi connectivity index (χ4v) is 2.06. The van der Waals surface area contributed by atoms with Crippen molar-refractivity contribution in [3.8, 4) is 6.07 Å². The van der Waals surface area contributed by atoms with Crippen molar-refractivity contribution in [1.82, 2.24) is 4.90 Å². The van der Waals surface area contributed by atoms with Crippen LogP contribution < -0.4 is 0 Å². The monoisotopic (exact) mass is 282 g/mol. The van der Waals surface area contributed by atoms with Crippen LogP contribution in [0.3, 0.4) is 0 Å². The van der Waals surface area contributed by atoms with Crippen LogP contribution >= 0.6 is 15.9 Å². The normalized spacial score (nSPS) is 14.5. The second kappa shape index (κ2) is 6.00. The molecule has 0 saturated carbocycles. The van der Waals surface area contributed by atoms with Crippen molar-refractivity contribution in [2.24, 2.45) is 5.92 Å². The molecule has 1 N–H and O–H groups in total. The number of aliphatic hydroxyl groups excluding tert-OH is 1. The summed E-state index contributed by atoms with van der Waals surface area (Å²) in [6, 6.07) is 9.58. The average Bonchev–Trinajstić information content (AvgIpc) is 2.25. The van der Waals surface area contributed by atoms with E-state index >= 15 is 0 Å². The van der Waals surface area contributed by atoms with Gasteiger partial charge in [0, 0.05) is 11.0 Å². The average molecular weight is 283 g/mol. The number of nitrogens with zero attached hydrogens (tertiary/aromatic N) is 2. The molecule has 0 radical (unpaired) electrons. The molecule has 0 aliphatic rings. The summed E-state index contributed by atoms with van der Waals surface area (Å²) in [4.78, 5) is 1.90. The van der Waals surface area contributed by atoms with Crippen LogP contribution in [-0.2, 0) is 0 Å². The van der Waals surface area contributed by atoms with Crippen LogP contribution in [0, 0.1) is 17.2 Å². The number of hydrogen-bond acceptors (Lipinski definition) is 3. The van der Waals surface area contributed by atoms with Crippen molar-refractivity contribution < 1.29 is 5.11 Å². The van der Waals surface area contributed by atoms with Gasteiger partial charge >= 0.3 is 0 Å². The molecule has 0 heterocycles. The van der Waals surface area contributed by atoms with Gasteiger partial charge in [-0.05, 0) is 25.7 Å². The molecule has 0 spiro atoms. The maximum atomic E-state index is 10.1. The molecule has 0 saturated heterocycles. The zero-order valence-electron chi connectivity index (χ0n) is 9.39. The van der Waals surface area contributed by atoms with E-state index < -0.39 is 12.0 Å². The highest BCUT2D eigenvalue weighted by molar-refractivity contribution is 9.10. The Kier molecular flexibility index (Phi) is 4.94. The molecule has 16 heavy (non-hydrogen) atoms. The van der Waals surface area contributed by atoms with Gasteiger partial charge < -0.3 is 10.0 Å². The Hall–Kier alpha value is -0.890. The van der Waals surface area contributed by atoms with Crippen LogP contribution in [0.2, 0.25) is 0 Å². The highest BCUT2D eigenvalue weighted by atomic mass is 79.9. The molecule has 3 nitrogen and oxygen atoms in total. The van der Waals surface area contributed by atoms with Gasteiger partial charge in [-0.1, -0.05) is 34.1 Å². The smallest absolute Gasteiger partial charge is 0.0971 e. The molecule has 2 unspecified atom stereocenters. The minimum Gasteiger partial charge on any atom is -0.387 e. The zero-order valence-corrected chi connectivity index (χ0v) is 11.0. The number of halogens is 1. The minimum absolute atomic E-state index is 0.423. The van der Waals surface area contributed by atoms with E-state index in [4.69, 9.17) is 5.26 Å². The number of aliphatic hydroxyl groups is 1. The van der Waals surface area contributed by atoms with Gasteiger partial charge in [-0.3, -0.25) is 0 Å². The van der Waals surface area contributed by atoms with Gasteiger partial charge in [0.1, 0.15) is 0 Å². The van der Waals surface area contributed by atoms with Gasteiger partial charge in [0.05, 0.1) is 18.1 Å². The molecule has 1 rings (SSSR count). The van der Waals surface area contributed by atoms with E-state index in [-0.39, 0.29) is 0 Å². The molecule has 0 bridgehead atoms. The first-order chi connectivity index (χ1) is 7.56. The summed E-state index contributed by atoms with van der Waals surface area (Å²) in [6.07, 6.45) is -0.761. The Morgan fingerprint density at radius 1 is 1.44 bits per heavy atom.